The Labute approximate surface area is 135 Å². The smallest absolute Gasteiger partial charge is 0.251 e. The third kappa shape index (κ3) is 4.32. The van der Waals surface area contributed by atoms with Crippen LogP contribution in [0.3, 0.4) is 0 Å². The number of hydrogen-bond donors (Lipinski definition) is 2. The third-order valence-corrected chi connectivity index (χ3v) is 3.50. The number of nitrogens with one attached hydrogen (secondary N) is 1. The molecular weight excluding hydrogens is 292 g/mol. The molecule has 0 aliphatic rings. The maximum Gasteiger partial charge on any atom is 0.251 e. The molecule has 0 radical (unpaired) electrons. The Kier molecular flexibility index (Phi) is 5.36. The van der Waals surface area contributed by atoms with Gasteiger partial charge in [0.05, 0.1) is 7.11 Å². The number of benzene rings is 2. The van der Waals surface area contributed by atoms with Crippen molar-refractivity contribution in [3.8, 4) is 5.75 Å². The van der Waals surface area contributed by atoms with Gasteiger partial charge in [-0.05, 0) is 43.3 Å². The van der Waals surface area contributed by atoms with Crippen molar-refractivity contribution in [3.05, 3.63) is 59.2 Å². The molecule has 5 heteroatoms. The highest BCUT2D eigenvalue weighted by Crippen LogP contribution is 2.15. The molecule has 0 aromatic heterocycles. The van der Waals surface area contributed by atoms with Crippen molar-refractivity contribution in [2.45, 2.75) is 13.3 Å². The van der Waals surface area contributed by atoms with Gasteiger partial charge in [0.25, 0.3) is 5.91 Å². The van der Waals surface area contributed by atoms with Crippen LogP contribution in [0.1, 0.15) is 32.7 Å². The van der Waals surface area contributed by atoms with Crippen molar-refractivity contribution >= 4 is 17.4 Å². The minimum atomic E-state index is -0.224. The predicted octanol–water partition coefficient (Wildman–Crippen LogP) is 2.59. The Bertz CT molecular complexity index is 709. The summed E-state index contributed by atoms with van der Waals surface area (Å²) in [6.07, 6.45) is 0.204. The van der Waals surface area contributed by atoms with Crippen molar-refractivity contribution in [2.24, 2.45) is 0 Å². The second kappa shape index (κ2) is 7.45. The minimum Gasteiger partial charge on any atom is -0.497 e. The number of ether oxygens (including phenoxy) is 1. The molecule has 0 fully saturated rings. The monoisotopic (exact) mass is 312 g/mol. The van der Waals surface area contributed by atoms with E-state index in [1.54, 1.807) is 43.5 Å². The lowest BCUT2D eigenvalue weighted by atomic mass is 10.0. The van der Waals surface area contributed by atoms with Crippen LogP contribution in [0.4, 0.5) is 5.69 Å². The van der Waals surface area contributed by atoms with Gasteiger partial charge in [0.1, 0.15) is 5.75 Å². The molecule has 0 unspecified atom stereocenters. The highest BCUT2D eigenvalue weighted by atomic mass is 16.5. The number of carbonyl (C=O) groups is 2. The zero-order chi connectivity index (χ0) is 16.8. The van der Waals surface area contributed by atoms with Crippen LogP contribution in [0.15, 0.2) is 42.5 Å². The van der Waals surface area contributed by atoms with Crippen molar-refractivity contribution < 1.29 is 14.3 Å². The van der Waals surface area contributed by atoms with Crippen molar-refractivity contribution in [2.75, 3.05) is 19.4 Å². The summed E-state index contributed by atoms with van der Waals surface area (Å²) in [5, 5.41) is 2.73. The van der Waals surface area contributed by atoms with Gasteiger partial charge in [0.2, 0.25) is 0 Å². The second-order valence-corrected chi connectivity index (χ2v) is 5.25. The SMILES string of the molecule is COc1ccc(C(=O)NCCC(=O)c2cc(C)ccc2N)cc1. The number of nitrogens with two attached hydrogens (primary N) is 1. The fourth-order valence-electron chi connectivity index (χ4n) is 2.18. The van der Waals surface area contributed by atoms with E-state index >= 15 is 0 Å². The van der Waals surface area contributed by atoms with Gasteiger partial charge < -0.3 is 15.8 Å². The Morgan fingerprint density at radius 3 is 2.48 bits per heavy atom. The zero-order valence-corrected chi connectivity index (χ0v) is 13.3. The number of ketones is 1. The van der Waals surface area contributed by atoms with Gasteiger partial charge in [-0.2, -0.15) is 0 Å². The molecular formula is C18H20N2O3. The first-order valence-electron chi connectivity index (χ1n) is 7.33. The summed E-state index contributed by atoms with van der Waals surface area (Å²) in [5.41, 5.74) is 8.28. The lowest BCUT2D eigenvalue weighted by Crippen LogP contribution is -2.26. The summed E-state index contributed by atoms with van der Waals surface area (Å²) < 4.78 is 5.04. The molecule has 0 atom stereocenters. The van der Waals surface area contributed by atoms with E-state index in [-0.39, 0.29) is 24.7 Å². The summed E-state index contributed by atoms with van der Waals surface area (Å²) >= 11 is 0. The Morgan fingerprint density at radius 1 is 1.13 bits per heavy atom. The molecule has 0 heterocycles. The fourth-order valence-corrected chi connectivity index (χ4v) is 2.18. The molecule has 120 valence electrons. The van der Waals surface area contributed by atoms with Crippen LogP contribution in [0.2, 0.25) is 0 Å². The predicted molar refractivity (Wildman–Crippen MR) is 89.9 cm³/mol. The lowest BCUT2D eigenvalue weighted by Gasteiger charge is -2.08. The summed E-state index contributed by atoms with van der Waals surface area (Å²) in [5.74, 6) is 0.380. The Balaban J connectivity index is 1.89. The average molecular weight is 312 g/mol. The normalized spacial score (nSPS) is 10.2. The van der Waals surface area contributed by atoms with Gasteiger partial charge in [0.15, 0.2) is 5.78 Å². The number of methoxy groups -OCH3 is 1. The first-order chi connectivity index (χ1) is 11.0. The van der Waals surface area contributed by atoms with E-state index < -0.39 is 0 Å². The highest BCUT2D eigenvalue weighted by molar-refractivity contribution is 6.01. The second-order valence-electron chi connectivity index (χ2n) is 5.25. The van der Waals surface area contributed by atoms with Gasteiger partial charge in [-0.1, -0.05) is 11.6 Å². The Hall–Kier alpha value is -2.82. The number of rotatable bonds is 6. The summed E-state index contributed by atoms with van der Waals surface area (Å²) in [6.45, 7) is 2.17. The van der Waals surface area contributed by atoms with Crippen LogP contribution in [0, 0.1) is 6.92 Å². The standard InChI is InChI=1S/C18H20N2O3/c1-12-3-8-16(19)15(11-12)17(21)9-10-20-18(22)13-4-6-14(23-2)7-5-13/h3-8,11H,9-10,19H2,1-2H3,(H,20,22). The number of Topliss-reactive ketones (excluding diaryl/α,β-unsaturated/α-hetero) is 1. The molecule has 0 bridgehead atoms. The molecule has 2 aromatic carbocycles. The minimum absolute atomic E-state index is 0.0822. The molecule has 2 rings (SSSR count). The maximum absolute atomic E-state index is 12.2. The molecule has 0 aliphatic heterocycles. The van der Waals surface area contributed by atoms with Gasteiger partial charge in [-0.15, -0.1) is 0 Å². The molecule has 0 saturated carbocycles. The van der Waals surface area contributed by atoms with Crippen molar-refractivity contribution in [3.63, 3.8) is 0 Å². The third-order valence-electron chi connectivity index (χ3n) is 3.50. The van der Waals surface area contributed by atoms with Crippen molar-refractivity contribution in [1.29, 1.82) is 0 Å². The lowest BCUT2D eigenvalue weighted by molar-refractivity contribution is 0.0940. The van der Waals surface area contributed by atoms with E-state index in [0.717, 1.165) is 5.56 Å². The van der Waals surface area contributed by atoms with Crippen LogP contribution >= 0.6 is 0 Å². The van der Waals surface area contributed by atoms with Gasteiger partial charge in [0, 0.05) is 29.8 Å². The molecule has 23 heavy (non-hydrogen) atoms. The number of aryl methyl sites for hydroxylation is 1. The first kappa shape index (κ1) is 16.5. The number of nitrogen functional groups attached to an aromatic ring is 1. The van der Waals surface area contributed by atoms with E-state index in [4.69, 9.17) is 10.5 Å². The number of hydrogen-bond acceptors (Lipinski definition) is 4. The van der Waals surface area contributed by atoms with Crippen LogP contribution in [0.5, 0.6) is 5.75 Å². The van der Waals surface area contributed by atoms with E-state index in [1.807, 2.05) is 13.0 Å². The van der Waals surface area contributed by atoms with E-state index in [0.29, 0.717) is 22.6 Å². The number of amides is 1. The highest BCUT2D eigenvalue weighted by Gasteiger charge is 2.11. The van der Waals surface area contributed by atoms with Crippen LogP contribution in [-0.4, -0.2) is 25.3 Å². The molecule has 0 saturated heterocycles. The summed E-state index contributed by atoms with van der Waals surface area (Å²) in [6, 6.07) is 12.1. The zero-order valence-electron chi connectivity index (χ0n) is 13.3. The van der Waals surface area contributed by atoms with E-state index in [2.05, 4.69) is 5.32 Å². The van der Waals surface area contributed by atoms with Gasteiger partial charge in [-0.3, -0.25) is 9.59 Å². The molecule has 0 spiro atoms. The quantitative estimate of drug-likeness (QED) is 0.634. The maximum atomic E-state index is 12.2. The molecule has 0 aliphatic carbocycles. The average Bonchev–Trinajstić information content (AvgIpc) is 2.56. The Morgan fingerprint density at radius 2 is 1.83 bits per heavy atom. The molecule has 1 amide bonds. The topological polar surface area (TPSA) is 81.4 Å². The number of carbonyl (C=O) groups excluding carboxylic acids is 2. The van der Waals surface area contributed by atoms with Crippen LogP contribution in [0.25, 0.3) is 0 Å². The van der Waals surface area contributed by atoms with Crippen LogP contribution in [-0.2, 0) is 0 Å². The van der Waals surface area contributed by atoms with Gasteiger partial charge >= 0.3 is 0 Å². The molecule has 5 nitrogen and oxygen atoms in total. The molecule has 2 aromatic rings. The fraction of sp³-hybridized carbons (Fsp3) is 0.222. The van der Waals surface area contributed by atoms with Gasteiger partial charge in [-0.25, -0.2) is 0 Å². The molecule has 3 N–H and O–H groups in total. The first-order valence-corrected chi connectivity index (χ1v) is 7.33. The largest absolute Gasteiger partial charge is 0.497 e. The van der Waals surface area contributed by atoms with Crippen LogP contribution < -0.4 is 15.8 Å². The van der Waals surface area contributed by atoms with Crippen molar-refractivity contribution in [1.82, 2.24) is 5.32 Å². The summed E-state index contributed by atoms with van der Waals surface area (Å²) in [7, 11) is 1.57. The number of anilines is 1. The van der Waals surface area contributed by atoms with E-state index in [9.17, 15) is 9.59 Å². The summed E-state index contributed by atoms with van der Waals surface area (Å²) in [4.78, 5) is 24.2. The van der Waals surface area contributed by atoms with E-state index in [1.165, 1.54) is 0 Å².